The second-order valence-corrected chi connectivity index (χ2v) is 4.68. The molecule has 2 aromatic rings. The Labute approximate surface area is 109 Å². The molecule has 0 saturated heterocycles. The lowest BCUT2D eigenvalue weighted by molar-refractivity contribution is 0.643. The highest BCUT2D eigenvalue weighted by atomic mass is 15.3. The normalized spacial score (nSPS) is 11.1. The van der Waals surface area contributed by atoms with E-state index >= 15 is 0 Å². The van der Waals surface area contributed by atoms with Crippen molar-refractivity contribution >= 4 is 5.82 Å². The van der Waals surface area contributed by atoms with Gasteiger partial charge < -0.3 is 5.73 Å². The second-order valence-electron chi connectivity index (χ2n) is 4.68. The number of anilines is 1. The molecule has 0 aliphatic rings. The van der Waals surface area contributed by atoms with Crippen LogP contribution in [0, 0.1) is 0 Å². The van der Waals surface area contributed by atoms with Gasteiger partial charge in [-0.05, 0) is 24.3 Å². The van der Waals surface area contributed by atoms with Crippen LogP contribution in [-0.4, -0.2) is 9.78 Å². The molecule has 0 spiro atoms. The number of nitrogens with two attached hydrogens (primary N) is 1. The monoisotopic (exact) mass is 243 g/mol. The molecule has 0 aliphatic carbocycles. The molecule has 0 aliphatic heterocycles. The maximum Gasteiger partial charge on any atom is 0.121 e. The maximum atomic E-state index is 5.87. The molecule has 96 valence electrons. The summed E-state index contributed by atoms with van der Waals surface area (Å²) in [5, 5.41) is 4.48. The van der Waals surface area contributed by atoms with Crippen molar-refractivity contribution in [2.45, 2.75) is 32.6 Å². The summed E-state index contributed by atoms with van der Waals surface area (Å²) in [7, 11) is 1.87. The lowest BCUT2D eigenvalue weighted by Gasteiger charge is -2.16. The van der Waals surface area contributed by atoms with E-state index in [1.165, 1.54) is 11.1 Å². The third-order valence-corrected chi connectivity index (χ3v) is 3.58. The summed E-state index contributed by atoms with van der Waals surface area (Å²) < 4.78 is 1.72. The van der Waals surface area contributed by atoms with Crippen molar-refractivity contribution in [3.63, 3.8) is 0 Å². The second kappa shape index (κ2) is 5.25. The number of rotatable bonds is 4. The fraction of sp³-hybridized carbons (Fsp3) is 0.400. The van der Waals surface area contributed by atoms with Crippen LogP contribution in [0.3, 0.4) is 0 Å². The molecule has 1 heterocycles. The van der Waals surface area contributed by atoms with Crippen LogP contribution in [0.15, 0.2) is 30.3 Å². The van der Waals surface area contributed by atoms with Gasteiger partial charge in [0.2, 0.25) is 0 Å². The number of aromatic nitrogens is 2. The molecule has 3 nitrogen and oxygen atoms in total. The first-order valence-electron chi connectivity index (χ1n) is 6.56. The summed E-state index contributed by atoms with van der Waals surface area (Å²) in [4.78, 5) is 0. The van der Waals surface area contributed by atoms with Gasteiger partial charge in [-0.3, -0.25) is 4.68 Å². The van der Waals surface area contributed by atoms with Crippen LogP contribution in [-0.2, 0) is 7.05 Å². The summed E-state index contributed by atoms with van der Waals surface area (Å²) >= 11 is 0. The molecule has 3 heteroatoms. The number of nitrogens with zero attached hydrogens (tertiary/aromatic N) is 2. The molecule has 0 fully saturated rings. The van der Waals surface area contributed by atoms with E-state index in [2.05, 4.69) is 43.2 Å². The van der Waals surface area contributed by atoms with Crippen molar-refractivity contribution < 1.29 is 0 Å². The predicted octanol–water partition coefficient (Wildman–Crippen LogP) is 3.57. The van der Waals surface area contributed by atoms with Crippen LogP contribution in [0.1, 0.15) is 38.2 Å². The minimum Gasteiger partial charge on any atom is -0.384 e. The molecule has 0 amide bonds. The van der Waals surface area contributed by atoms with Crippen molar-refractivity contribution in [1.82, 2.24) is 9.78 Å². The van der Waals surface area contributed by atoms with Gasteiger partial charge in [-0.25, -0.2) is 0 Å². The van der Waals surface area contributed by atoms with Gasteiger partial charge in [0.05, 0.1) is 5.69 Å². The zero-order valence-electron chi connectivity index (χ0n) is 11.4. The van der Waals surface area contributed by atoms with Crippen LogP contribution in [0.4, 0.5) is 5.82 Å². The Morgan fingerprint density at radius 3 is 2.44 bits per heavy atom. The first kappa shape index (κ1) is 12.7. The molecule has 2 rings (SSSR count). The van der Waals surface area contributed by atoms with E-state index < -0.39 is 0 Å². The molecule has 1 aromatic carbocycles. The van der Waals surface area contributed by atoms with Crippen LogP contribution in [0.2, 0.25) is 0 Å². The largest absolute Gasteiger partial charge is 0.384 e. The maximum absolute atomic E-state index is 5.87. The van der Waals surface area contributed by atoms with Crippen molar-refractivity contribution in [2.24, 2.45) is 7.05 Å². The van der Waals surface area contributed by atoms with Gasteiger partial charge in [0.25, 0.3) is 0 Å². The number of hydrogen-bond acceptors (Lipinski definition) is 2. The minimum absolute atomic E-state index is 0.587. The van der Waals surface area contributed by atoms with Gasteiger partial charge >= 0.3 is 0 Å². The Morgan fingerprint density at radius 1 is 1.22 bits per heavy atom. The average Bonchev–Trinajstić information content (AvgIpc) is 2.72. The van der Waals surface area contributed by atoms with Crippen molar-refractivity contribution in [3.8, 4) is 11.3 Å². The highest BCUT2D eigenvalue weighted by Gasteiger charge is 2.14. The average molecular weight is 243 g/mol. The standard InChI is InChI=1S/C15H21N3/c1-4-11(5-2)12-8-6-7-9-13(12)14-10-15(16)18(3)17-14/h6-11H,4-5,16H2,1-3H3. The van der Waals surface area contributed by atoms with Crippen LogP contribution in [0.5, 0.6) is 0 Å². The zero-order valence-corrected chi connectivity index (χ0v) is 11.4. The summed E-state index contributed by atoms with van der Waals surface area (Å²) in [5.41, 5.74) is 9.42. The Bertz CT molecular complexity index is 505. The number of benzene rings is 1. The summed E-state index contributed by atoms with van der Waals surface area (Å²) in [5.74, 6) is 1.29. The molecule has 2 N–H and O–H groups in total. The lowest BCUT2D eigenvalue weighted by atomic mass is 9.89. The predicted molar refractivity (Wildman–Crippen MR) is 76.4 cm³/mol. The van der Waals surface area contributed by atoms with Crippen LogP contribution < -0.4 is 5.73 Å². The molecule has 18 heavy (non-hydrogen) atoms. The topological polar surface area (TPSA) is 43.8 Å². The van der Waals surface area contributed by atoms with Gasteiger partial charge in [-0.1, -0.05) is 38.1 Å². The van der Waals surface area contributed by atoms with Crippen molar-refractivity contribution in [2.75, 3.05) is 5.73 Å². The van der Waals surface area contributed by atoms with Crippen LogP contribution in [0.25, 0.3) is 11.3 Å². The first-order chi connectivity index (χ1) is 8.67. The Kier molecular flexibility index (Phi) is 3.70. The van der Waals surface area contributed by atoms with E-state index in [9.17, 15) is 0 Å². The highest BCUT2D eigenvalue weighted by molar-refractivity contribution is 5.66. The van der Waals surface area contributed by atoms with Gasteiger partial charge in [0.15, 0.2) is 0 Å². The van der Waals surface area contributed by atoms with E-state index in [-0.39, 0.29) is 0 Å². The molecule has 0 saturated carbocycles. The molecule has 0 bridgehead atoms. The smallest absolute Gasteiger partial charge is 0.121 e. The third-order valence-electron chi connectivity index (χ3n) is 3.58. The number of hydrogen-bond donors (Lipinski definition) is 1. The third kappa shape index (κ3) is 2.26. The fourth-order valence-electron chi connectivity index (χ4n) is 2.43. The summed E-state index contributed by atoms with van der Waals surface area (Å²) in [6, 6.07) is 10.4. The van der Waals surface area contributed by atoms with E-state index in [4.69, 9.17) is 5.73 Å². The molecule has 1 aromatic heterocycles. The fourth-order valence-corrected chi connectivity index (χ4v) is 2.43. The SMILES string of the molecule is CCC(CC)c1ccccc1-c1cc(N)n(C)n1. The van der Waals surface area contributed by atoms with E-state index in [0.717, 1.165) is 18.5 Å². The quantitative estimate of drug-likeness (QED) is 0.892. The summed E-state index contributed by atoms with van der Waals surface area (Å²) in [6.45, 7) is 4.47. The highest BCUT2D eigenvalue weighted by Crippen LogP contribution is 2.32. The molecule has 0 atom stereocenters. The first-order valence-corrected chi connectivity index (χ1v) is 6.56. The number of nitrogen functional groups attached to an aromatic ring is 1. The van der Waals surface area contributed by atoms with E-state index in [1.807, 2.05) is 13.1 Å². The molecular formula is C15H21N3. The van der Waals surface area contributed by atoms with Crippen molar-refractivity contribution in [1.29, 1.82) is 0 Å². The Morgan fingerprint density at radius 2 is 1.89 bits per heavy atom. The Hall–Kier alpha value is -1.77. The molecule has 0 radical (unpaired) electrons. The number of aryl methyl sites for hydroxylation is 1. The zero-order chi connectivity index (χ0) is 13.1. The summed E-state index contributed by atoms with van der Waals surface area (Å²) in [6.07, 6.45) is 2.30. The van der Waals surface area contributed by atoms with Crippen molar-refractivity contribution in [3.05, 3.63) is 35.9 Å². The van der Waals surface area contributed by atoms with E-state index in [1.54, 1.807) is 4.68 Å². The van der Waals surface area contributed by atoms with E-state index in [0.29, 0.717) is 11.7 Å². The lowest BCUT2D eigenvalue weighted by Crippen LogP contribution is -1.99. The van der Waals surface area contributed by atoms with Gasteiger partial charge in [0, 0.05) is 18.7 Å². The van der Waals surface area contributed by atoms with Crippen LogP contribution >= 0.6 is 0 Å². The Balaban J connectivity index is 2.50. The van der Waals surface area contributed by atoms with Gasteiger partial charge in [-0.15, -0.1) is 0 Å². The molecular weight excluding hydrogens is 222 g/mol. The van der Waals surface area contributed by atoms with Gasteiger partial charge in [-0.2, -0.15) is 5.10 Å². The minimum atomic E-state index is 0.587. The van der Waals surface area contributed by atoms with Gasteiger partial charge in [0.1, 0.15) is 5.82 Å². The molecule has 0 unspecified atom stereocenters.